The molecule has 0 aromatic carbocycles. The highest BCUT2D eigenvalue weighted by molar-refractivity contribution is 7.92. The molecule has 98 valence electrons. The first-order valence-electron chi connectivity index (χ1n) is 5.52. The summed E-state index contributed by atoms with van der Waals surface area (Å²) in [4.78, 5) is 0. The van der Waals surface area contributed by atoms with E-state index < -0.39 is 20.6 Å². The lowest BCUT2D eigenvalue weighted by Crippen LogP contribution is -2.52. The fraction of sp³-hybridized carbons (Fsp3) is 1.00. The van der Waals surface area contributed by atoms with Gasteiger partial charge in [0.2, 0.25) is 0 Å². The van der Waals surface area contributed by atoms with E-state index in [0.717, 1.165) is 0 Å². The van der Waals surface area contributed by atoms with Gasteiger partial charge in [0.25, 0.3) is 0 Å². The van der Waals surface area contributed by atoms with Crippen LogP contribution in [0.15, 0.2) is 0 Å². The van der Waals surface area contributed by atoms with Gasteiger partial charge in [0.1, 0.15) is 0 Å². The normalized spacial score (nSPS) is 13.4. The van der Waals surface area contributed by atoms with Crippen LogP contribution in [0, 0.1) is 0 Å². The van der Waals surface area contributed by atoms with Gasteiger partial charge in [-0.15, -0.1) is 0 Å². The fourth-order valence-corrected chi connectivity index (χ4v) is 2.06. The summed E-state index contributed by atoms with van der Waals surface area (Å²) in [5.41, 5.74) is -0.771. The summed E-state index contributed by atoms with van der Waals surface area (Å²) in [6, 6.07) is 0. The predicted octanol–water partition coefficient (Wildman–Crippen LogP) is -0.467. The lowest BCUT2D eigenvalue weighted by atomic mass is 9.99. The van der Waals surface area contributed by atoms with E-state index >= 15 is 0 Å². The van der Waals surface area contributed by atoms with Crippen LogP contribution in [0.3, 0.4) is 0 Å². The standard InChI is InChI=1S/C10H23NO4S/c1-4-10(7-12,8-13)11-5-6-16(14,15)9(2)3/h9,11-13H,4-8H2,1-3H3. The molecule has 0 aromatic heterocycles. The maximum atomic E-state index is 11.5. The Hall–Kier alpha value is -0.170. The Kier molecular flexibility index (Phi) is 6.47. The van der Waals surface area contributed by atoms with Crippen LogP contribution in [0.2, 0.25) is 0 Å². The van der Waals surface area contributed by atoms with Crippen LogP contribution in [0.1, 0.15) is 27.2 Å². The average molecular weight is 253 g/mol. The molecular weight excluding hydrogens is 230 g/mol. The second-order valence-electron chi connectivity index (χ2n) is 4.29. The van der Waals surface area contributed by atoms with E-state index in [1.165, 1.54) is 0 Å². The Morgan fingerprint density at radius 3 is 2.06 bits per heavy atom. The Morgan fingerprint density at radius 2 is 1.75 bits per heavy atom. The Labute approximate surface area is 97.8 Å². The average Bonchev–Trinajstić information content (AvgIpc) is 2.25. The van der Waals surface area contributed by atoms with Gasteiger partial charge < -0.3 is 15.5 Å². The number of aliphatic hydroxyl groups is 2. The van der Waals surface area contributed by atoms with Crippen LogP contribution in [0.4, 0.5) is 0 Å². The van der Waals surface area contributed by atoms with Crippen molar-refractivity contribution in [2.75, 3.05) is 25.5 Å². The zero-order valence-corrected chi connectivity index (χ0v) is 11.0. The number of hydrogen-bond donors (Lipinski definition) is 3. The monoisotopic (exact) mass is 253 g/mol. The van der Waals surface area contributed by atoms with Gasteiger partial charge in [-0.25, -0.2) is 8.42 Å². The number of rotatable bonds is 8. The highest BCUT2D eigenvalue weighted by Crippen LogP contribution is 2.08. The molecule has 0 saturated heterocycles. The number of aliphatic hydroxyl groups excluding tert-OH is 2. The summed E-state index contributed by atoms with van der Waals surface area (Å²) in [6.45, 7) is 4.94. The molecular formula is C10H23NO4S. The molecule has 0 amide bonds. The summed E-state index contributed by atoms with van der Waals surface area (Å²) < 4.78 is 23.0. The van der Waals surface area contributed by atoms with E-state index in [1.807, 2.05) is 6.92 Å². The van der Waals surface area contributed by atoms with E-state index in [1.54, 1.807) is 13.8 Å². The number of sulfone groups is 1. The minimum absolute atomic E-state index is 0.0203. The van der Waals surface area contributed by atoms with E-state index in [9.17, 15) is 8.42 Å². The Morgan fingerprint density at radius 1 is 1.25 bits per heavy atom. The quantitative estimate of drug-likeness (QED) is 0.544. The van der Waals surface area contributed by atoms with Crippen molar-refractivity contribution >= 4 is 9.84 Å². The second-order valence-corrected chi connectivity index (χ2v) is 6.97. The van der Waals surface area contributed by atoms with E-state index in [4.69, 9.17) is 10.2 Å². The largest absolute Gasteiger partial charge is 0.394 e. The maximum Gasteiger partial charge on any atom is 0.153 e. The molecule has 0 aliphatic heterocycles. The van der Waals surface area contributed by atoms with Crippen LogP contribution in [0.5, 0.6) is 0 Å². The van der Waals surface area contributed by atoms with Gasteiger partial charge >= 0.3 is 0 Å². The van der Waals surface area contributed by atoms with Gasteiger partial charge in [-0.05, 0) is 20.3 Å². The van der Waals surface area contributed by atoms with Gasteiger partial charge in [0.15, 0.2) is 9.84 Å². The first-order valence-corrected chi connectivity index (χ1v) is 7.23. The lowest BCUT2D eigenvalue weighted by molar-refractivity contribution is 0.0895. The highest BCUT2D eigenvalue weighted by Gasteiger charge is 2.26. The SMILES string of the molecule is CCC(CO)(CO)NCCS(=O)(=O)C(C)C. The topological polar surface area (TPSA) is 86.6 Å². The van der Waals surface area contributed by atoms with E-state index in [0.29, 0.717) is 6.42 Å². The molecule has 16 heavy (non-hydrogen) atoms. The van der Waals surface area contributed by atoms with Gasteiger partial charge in [0.05, 0.1) is 29.8 Å². The molecule has 0 aliphatic carbocycles. The van der Waals surface area contributed by atoms with Crippen LogP contribution in [-0.2, 0) is 9.84 Å². The molecule has 0 fully saturated rings. The molecule has 0 aromatic rings. The van der Waals surface area contributed by atoms with Crippen molar-refractivity contribution in [3.8, 4) is 0 Å². The summed E-state index contributed by atoms with van der Waals surface area (Å²) >= 11 is 0. The summed E-state index contributed by atoms with van der Waals surface area (Å²) in [5.74, 6) is 0.0203. The Bertz CT molecular complexity index is 275. The molecule has 0 spiro atoms. The van der Waals surface area contributed by atoms with Crippen molar-refractivity contribution < 1.29 is 18.6 Å². The molecule has 0 aliphatic rings. The van der Waals surface area contributed by atoms with Crippen molar-refractivity contribution in [3.05, 3.63) is 0 Å². The number of nitrogens with one attached hydrogen (secondary N) is 1. The smallest absolute Gasteiger partial charge is 0.153 e. The van der Waals surface area contributed by atoms with Crippen molar-refractivity contribution in [3.63, 3.8) is 0 Å². The first kappa shape index (κ1) is 15.8. The second kappa shape index (κ2) is 6.54. The molecule has 0 rings (SSSR count). The zero-order valence-electron chi connectivity index (χ0n) is 10.2. The summed E-state index contributed by atoms with van der Waals surface area (Å²) in [6.07, 6.45) is 0.543. The third-order valence-electron chi connectivity index (χ3n) is 2.89. The van der Waals surface area contributed by atoms with Gasteiger partial charge in [-0.3, -0.25) is 0 Å². The van der Waals surface area contributed by atoms with Crippen LogP contribution in [0.25, 0.3) is 0 Å². The third kappa shape index (κ3) is 4.37. The van der Waals surface area contributed by atoms with Crippen molar-refractivity contribution in [2.24, 2.45) is 0 Å². The lowest BCUT2D eigenvalue weighted by Gasteiger charge is -2.29. The third-order valence-corrected chi connectivity index (χ3v) is 5.10. The van der Waals surface area contributed by atoms with Gasteiger partial charge in [0, 0.05) is 6.54 Å². The van der Waals surface area contributed by atoms with Crippen LogP contribution in [-0.4, -0.2) is 54.9 Å². The zero-order chi connectivity index (χ0) is 12.8. The van der Waals surface area contributed by atoms with Crippen molar-refractivity contribution in [2.45, 2.75) is 38.0 Å². The number of hydrogen-bond acceptors (Lipinski definition) is 5. The minimum Gasteiger partial charge on any atom is -0.394 e. The Balaban J connectivity index is 4.25. The molecule has 5 nitrogen and oxygen atoms in total. The van der Waals surface area contributed by atoms with E-state index in [2.05, 4.69) is 5.32 Å². The molecule has 0 radical (unpaired) electrons. The first-order chi connectivity index (χ1) is 7.33. The molecule has 0 heterocycles. The summed E-state index contributed by atoms with van der Waals surface area (Å²) in [5, 5.41) is 20.8. The molecule has 3 N–H and O–H groups in total. The molecule has 0 unspecified atom stereocenters. The molecule has 0 saturated carbocycles. The van der Waals surface area contributed by atoms with Crippen LogP contribution >= 0.6 is 0 Å². The highest BCUT2D eigenvalue weighted by atomic mass is 32.2. The van der Waals surface area contributed by atoms with Gasteiger partial charge in [-0.1, -0.05) is 6.92 Å². The predicted molar refractivity (Wildman–Crippen MR) is 64.1 cm³/mol. The molecule has 0 bridgehead atoms. The van der Waals surface area contributed by atoms with Crippen molar-refractivity contribution in [1.29, 1.82) is 0 Å². The van der Waals surface area contributed by atoms with Crippen molar-refractivity contribution in [1.82, 2.24) is 5.32 Å². The molecule has 0 atom stereocenters. The molecule has 6 heteroatoms. The van der Waals surface area contributed by atoms with Crippen LogP contribution < -0.4 is 5.32 Å². The maximum absolute atomic E-state index is 11.5. The van der Waals surface area contributed by atoms with Gasteiger partial charge in [-0.2, -0.15) is 0 Å². The summed E-state index contributed by atoms with van der Waals surface area (Å²) in [7, 11) is -3.07. The fourth-order valence-electron chi connectivity index (χ4n) is 1.20. The minimum atomic E-state index is -3.07. The van der Waals surface area contributed by atoms with E-state index in [-0.39, 0.29) is 25.5 Å².